The second-order valence-corrected chi connectivity index (χ2v) is 7.35. The number of imide groups is 1. The first kappa shape index (κ1) is 19.6. The third-order valence-electron chi connectivity index (χ3n) is 5.45. The third kappa shape index (κ3) is 3.13. The summed E-state index contributed by atoms with van der Waals surface area (Å²) in [6.45, 7) is 0.809. The van der Waals surface area contributed by atoms with Gasteiger partial charge in [-0.05, 0) is 29.3 Å². The molecule has 4 amide bonds. The van der Waals surface area contributed by atoms with Gasteiger partial charge in [0.25, 0.3) is 11.8 Å². The lowest BCUT2D eigenvalue weighted by Gasteiger charge is -2.27. The van der Waals surface area contributed by atoms with Crippen molar-refractivity contribution in [2.75, 3.05) is 13.2 Å². The summed E-state index contributed by atoms with van der Waals surface area (Å²) in [7, 11) is 0. The highest BCUT2D eigenvalue weighted by Crippen LogP contribution is 2.35. The summed E-state index contributed by atoms with van der Waals surface area (Å²) in [5.41, 5.74) is 2.37. The van der Waals surface area contributed by atoms with Crippen molar-refractivity contribution in [3.63, 3.8) is 0 Å². The molecule has 160 valence electrons. The van der Waals surface area contributed by atoms with E-state index in [-0.39, 0.29) is 5.56 Å². The molecule has 1 fully saturated rings. The van der Waals surface area contributed by atoms with E-state index in [2.05, 4.69) is 10.7 Å². The van der Waals surface area contributed by atoms with Gasteiger partial charge in [-0.2, -0.15) is 5.01 Å². The molecule has 0 saturated carbocycles. The fraction of sp³-hybridized carbons (Fsp3) is 0.125. The fourth-order valence-electron chi connectivity index (χ4n) is 3.92. The van der Waals surface area contributed by atoms with Gasteiger partial charge in [0.2, 0.25) is 0 Å². The summed E-state index contributed by atoms with van der Waals surface area (Å²) in [5, 5.41) is 3.51. The topological polar surface area (TPSA) is 97.0 Å². The molecule has 0 aromatic heterocycles. The molecule has 32 heavy (non-hydrogen) atoms. The lowest BCUT2D eigenvalue weighted by molar-refractivity contribution is -0.131. The van der Waals surface area contributed by atoms with E-state index in [1.165, 1.54) is 6.07 Å². The van der Waals surface area contributed by atoms with E-state index in [4.69, 9.17) is 9.47 Å². The van der Waals surface area contributed by atoms with Crippen molar-refractivity contribution >= 4 is 17.8 Å². The number of urea groups is 1. The van der Waals surface area contributed by atoms with Gasteiger partial charge in [-0.25, -0.2) is 4.79 Å². The van der Waals surface area contributed by atoms with Crippen molar-refractivity contribution in [1.29, 1.82) is 0 Å². The van der Waals surface area contributed by atoms with Gasteiger partial charge in [0.15, 0.2) is 17.0 Å². The average Bonchev–Trinajstić information content (AvgIpc) is 3.10. The van der Waals surface area contributed by atoms with Crippen LogP contribution in [0.3, 0.4) is 0 Å². The largest absolute Gasteiger partial charge is 0.486 e. The average molecular weight is 429 g/mol. The van der Waals surface area contributed by atoms with E-state index in [0.717, 1.165) is 5.01 Å². The molecule has 8 nitrogen and oxygen atoms in total. The summed E-state index contributed by atoms with van der Waals surface area (Å²) >= 11 is 0. The highest BCUT2D eigenvalue weighted by atomic mass is 16.6. The first-order chi connectivity index (χ1) is 15.6. The van der Waals surface area contributed by atoms with Crippen molar-refractivity contribution in [2.24, 2.45) is 0 Å². The number of rotatable bonds is 4. The number of amides is 4. The first-order valence-electron chi connectivity index (χ1n) is 10.1. The summed E-state index contributed by atoms with van der Waals surface area (Å²) in [6.07, 6.45) is 0. The monoisotopic (exact) mass is 429 g/mol. The molecule has 1 saturated heterocycles. The number of fused-ring (bicyclic) bond motifs is 1. The molecule has 2 aliphatic rings. The van der Waals surface area contributed by atoms with Crippen molar-refractivity contribution < 1.29 is 23.9 Å². The van der Waals surface area contributed by atoms with Gasteiger partial charge in [-0.15, -0.1) is 0 Å². The van der Waals surface area contributed by atoms with Crippen LogP contribution in [0.5, 0.6) is 11.5 Å². The minimum absolute atomic E-state index is 0.228. The molecule has 3 aromatic rings. The molecule has 5 rings (SSSR count). The van der Waals surface area contributed by atoms with E-state index in [0.29, 0.717) is 35.8 Å². The number of hydrazine groups is 1. The van der Waals surface area contributed by atoms with E-state index < -0.39 is 23.4 Å². The zero-order valence-corrected chi connectivity index (χ0v) is 16.9. The van der Waals surface area contributed by atoms with Gasteiger partial charge in [-0.3, -0.25) is 15.0 Å². The zero-order valence-electron chi connectivity index (χ0n) is 16.9. The van der Waals surface area contributed by atoms with Gasteiger partial charge in [0.05, 0.1) is 0 Å². The lowest BCUT2D eigenvalue weighted by atomic mass is 9.83. The second-order valence-electron chi connectivity index (χ2n) is 7.35. The van der Waals surface area contributed by atoms with Gasteiger partial charge >= 0.3 is 6.03 Å². The Hall–Kier alpha value is -4.33. The van der Waals surface area contributed by atoms with Gasteiger partial charge in [0.1, 0.15) is 13.2 Å². The minimum atomic E-state index is -1.46. The third-order valence-corrected chi connectivity index (χ3v) is 5.45. The van der Waals surface area contributed by atoms with E-state index >= 15 is 0 Å². The molecule has 0 atom stereocenters. The summed E-state index contributed by atoms with van der Waals surface area (Å²) in [6, 6.07) is 21.8. The molecular formula is C24H19N3O5. The molecule has 8 heteroatoms. The van der Waals surface area contributed by atoms with Crippen LogP contribution < -0.4 is 20.2 Å². The van der Waals surface area contributed by atoms with Gasteiger partial charge < -0.3 is 14.8 Å². The maximum absolute atomic E-state index is 13.6. The summed E-state index contributed by atoms with van der Waals surface area (Å²) in [5.74, 6) is -0.257. The van der Waals surface area contributed by atoms with Crippen molar-refractivity contribution in [3.05, 3.63) is 95.6 Å². The van der Waals surface area contributed by atoms with Crippen molar-refractivity contribution in [1.82, 2.24) is 15.8 Å². The Kier molecular flexibility index (Phi) is 4.74. The lowest BCUT2D eigenvalue weighted by Crippen LogP contribution is -2.49. The minimum Gasteiger partial charge on any atom is -0.486 e. The molecule has 2 N–H and O–H groups in total. The molecule has 2 aliphatic heterocycles. The fourth-order valence-corrected chi connectivity index (χ4v) is 3.92. The Balaban J connectivity index is 1.48. The molecule has 0 unspecified atom stereocenters. The Bertz CT molecular complexity index is 1160. The van der Waals surface area contributed by atoms with Crippen molar-refractivity contribution in [3.8, 4) is 11.5 Å². The number of nitrogens with one attached hydrogen (secondary N) is 2. The van der Waals surface area contributed by atoms with Crippen LogP contribution in [0.15, 0.2) is 78.9 Å². The van der Waals surface area contributed by atoms with Gasteiger partial charge in [0, 0.05) is 5.56 Å². The smallest absolute Gasteiger partial charge is 0.344 e. The number of hydrogen-bond acceptors (Lipinski definition) is 5. The molecule has 2 heterocycles. The molecule has 0 aliphatic carbocycles. The predicted molar refractivity (Wildman–Crippen MR) is 114 cm³/mol. The maximum atomic E-state index is 13.6. The van der Waals surface area contributed by atoms with Crippen LogP contribution >= 0.6 is 0 Å². The number of ether oxygens (including phenoxy) is 2. The normalized spacial score (nSPS) is 16.4. The standard InChI is InChI=1S/C24H19N3O5/c28-21(16-11-12-19-20(15-16)32-14-13-31-19)26-27-22(29)24(25-23(27)30,17-7-3-1-4-8-17)18-9-5-2-6-10-18/h1-12,15H,13-14H2,(H,25,30)(H,26,28). The number of nitrogens with zero attached hydrogens (tertiary/aromatic N) is 1. The van der Waals surface area contributed by atoms with Crippen LogP contribution in [0.1, 0.15) is 21.5 Å². The van der Waals surface area contributed by atoms with E-state index in [1.807, 2.05) is 12.1 Å². The number of carbonyl (C=O) groups is 3. The van der Waals surface area contributed by atoms with Crippen LogP contribution in [-0.2, 0) is 10.3 Å². The summed E-state index contributed by atoms with van der Waals surface area (Å²) in [4.78, 5) is 39.4. The number of benzene rings is 3. The second kappa shape index (κ2) is 7.73. The highest BCUT2D eigenvalue weighted by Gasteiger charge is 2.54. The summed E-state index contributed by atoms with van der Waals surface area (Å²) < 4.78 is 11.0. The SMILES string of the molecule is O=C(NN1C(=O)NC(c2ccccc2)(c2ccccc2)C1=O)c1ccc2c(c1)OCCO2. The first-order valence-corrected chi connectivity index (χ1v) is 10.1. The van der Waals surface area contributed by atoms with Crippen molar-refractivity contribution in [2.45, 2.75) is 5.54 Å². The number of hydrogen-bond donors (Lipinski definition) is 2. The maximum Gasteiger partial charge on any atom is 0.344 e. The van der Waals surface area contributed by atoms with Gasteiger partial charge in [-0.1, -0.05) is 60.7 Å². The number of carbonyl (C=O) groups excluding carboxylic acids is 3. The van der Waals surface area contributed by atoms with Crippen LogP contribution in [0.4, 0.5) is 4.79 Å². The molecule has 0 bridgehead atoms. The molecule has 0 spiro atoms. The molecule has 3 aromatic carbocycles. The van der Waals surface area contributed by atoms with Crippen LogP contribution in [0.25, 0.3) is 0 Å². The highest BCUT2D eigenvalue weighted by molar-refractivity contribution is 6.11. The quantitative estimate of drug-likeness (QED) is 0.622. The van der Waals surface area contributed by atoms with Crippen LogP contribution in [0, 0.1) is 0 Å². The Labute approximate surface area is 183 Å². The Morgan fingerprint density at radius 2 is 1.44 bits per heavy atom. The predicted octanol–water partition coefficient (Wildman–Crippen LogP) is 2.60. The Morgan fingerprint density at radius 1 is 0.844 bits per heavy atom. The van der Waals surface area contributed by atoms with Crippen LogP contribution in [0.2, 0.25) is 0 Å². The zero-order chi connectivity index (χ0) is 22.1. The van der Waals surface area contributed by atoms with E-state index in [9.17, 15) is 14.4 Å². The van der Waals surface area contributed by atoms with Crippen LogP contribution in [-0.4, -0.2) is 36.1 Å². The van der Waals surface area contributed by atoms with E-state index in [1.54, 1.807) is 60.7 Å². The molecule has 0 radical (unpaired) electrons. The Morgan fingerprint density at radius 3 is 2.06 bits per heavy atom. The molecular weight excluding hydrogens is 410 g/mol.